The lowest BCUT2D eigenvalue weighted by Crippen LogP contribution is -2.17. The van der Waals surface area contributed by atoms with E-state index in [2.05, 4.69) is 39.0 Å². The summed E-state index contributed by atoms with van der Waals surface area (Å²) in [6, 6.07) is 0. The SMILES string of the molecule is CC(C)C1(C)C=CC2=C(C=C1)C(=O)OCC2. The molecule has 86 valence electrons. The third kappa shape index (κ3) is 1.84. The second-order valence-electron chi connectivity index (χ2n) is 5.01. The van der Waals surface area contributed by atoms with Crippen molar-refractivity contribution in [1.29, 1.82) is 0 Å². The lowest BCUT2D eigenvalue weighted by molar-refractivity contribution is -0.139. The minimum absolute atomic E-state index is 0.0254. The van der Waals surface area contributed by atoms with Crippen LogP contribution in [0.15, 0.2) is 35.5 Å². The summed E-state index contributed by atoms with van der Waals surface area (Å²) in [5.74, 6) is 0.326. The van der Waals surface area contributed by atoms with Crippen LogP contribution in [0.5, 0.6) is 0 Å². The van der Waals surface area contributed by atoms with Crippen molar-refractivity contribution in [2.75, 3.05) is 6.61 Å². The summed E-state index contributed by atoms with van der Waals surface area (Å²) in [6.45, 7) is 7.08. The number of esters is 1. The number of hydrogen-bond donors (Lipinski definition) is 0. The number of ether oxygens (including phenoxy) is 1. The van der Waals surface area contributed by atoms with E-state index >= 15 is 0 Å². The Balaban J connectivity index is 2.39. The van der Waals surface area contributed by atoms with Crippen LogP contribution in [0.4, 0.5) is 0 Å². The van der Waals surface area contributed by atoms with Gasteiger partial charge >= 0.3 is 5.97 Å². The minimum atomic E-state index is -0.185. The Morgan fingerprint density at radius 3 is 2.69 bits per heavy atom. The van der Waals surface area contributed by atoms with Gasteiger partial charge in [0.05, 0.1) is 12.2 Å². The van der Waals surface area contributed by atoms with Gasteiger partial charge in [-0.05, 0) is 11.5 Å². The first kappa shape index (κ1) is 11.2. The fourth-order valence-electron chi connectivity index (χ4n) is 1.93. The molecule has 1 atom stereocenters. The molecule has 0 aromatic carbocycles. The zero-order valence-corrected chi connectivity index (χ0v) is 10.1. The Kier molecular flexibility index (Phi) is 2.75. The molecule has 1 unspecified atom stereocenters. The van der Waals surface area contributed by atoms with Crippen LogP contribution in [-0.4, -0.2) is 12.6 Å². The van der Waals surface area contributed by atoms with Crippen LogP contribution in [0.2, 0.25) is 0 Å². The summed E-state index contributed by atoms with van der Waals surface area (Å²) in [4.78, 5) is 11.6. The molecule has 1 heterocycles. The maximum absolute atomic E-state index is 11.6. The minimum Gasteiger partial charge on any atom is -0.462 e. The van der Waals surface area contributed by atoms with Gasteiger partial charge in [0.25, 0.3) is 0 Å². The smallest absolute Gasteiger partial charge is 0.338 e. The van der Waals surface area contributed by atoms with Crippen molar-refractivity contribution in [3.05, 3.63) is 35.5 Å². The summed E-state index contributed by atoms with van der Waals surface area (Å²) in [5, 5.41) is 0. The Morgan fingerprint density at radius 1 is 1.31 bits per heavy atom. The van der Waals surface area contributed by atoms with Crippen LogP contribution in [0.1, 0.15) is 27.2 Å². The molecule has 1 aliphatic carbocycles. The molecule has 1 aliphatic heterocycles. The van der Waals surface area contributed by atoms with Crippen molar-refractivity contribution >= 4 is 5.97 Å². The number of carbonyl (C=O) groups excluding carboxylic acids is 1. The Bertz CT molecular complexity index is 399. The van der Waals surface area contributed by atoms with E-state index < -0.39 is 0 Å². The normalized spacial score (nSPS) is 29.1. The average molecular weight is 218 g/mol. The van der Waals surface area contributed by atoms with E-state index in [0.29, 0.717) is 12.5 Å². The van der Waals surface area contributed by atoms with Gasteiger partial charge < -0.3 is 4.74 Å². The van der Waals surface area contributed by atoms with Gasteiger partial charge in [0.15, 0.2) is 0 Å². The predicted octanol–water partition coefficient (Wildman–Crippen LogP) is 3.02. The molecule has 0 aromatic heterocycles. The molecule has 16 heavy (non-hydrogen) atoms. The number of cyclic esters (lactones) is 1. The first-order valence-electron chi connectivity index (χ1n) is 5.82. The summed E-state index contributed by atoms with van der Waals surface area (Å²) in [5.41, 5.74) is 1.86. The highest BCUT2D eigenvalue weighted by molar-refractivity contribution is 5.94. The van der Waals surface area contributed by atoms with Crippen molar-refractivity contribution in [3.8, 4) is 0 Å². The van der Waals surface area contributed by atoms with Crippen LogP contribution in [0, 0.1) is 11.3 Å². The van der Waals surface area contributed by atoms with E-state index in [1.54, 1.807) is 0 Å². The van der Waals surface area contributed by atoms with Crippen LogP contribution in [0.3, 0.4) is 0 Å². The van der Waals surface area contributed by atoms with Crippen molar-refractivity contribution in [1.82, 2.24) is 0 Å². The lowest BCUT2D eigenvalue weighted by Gasteiger charge is -2.26. The average Bonchev–Trinajstić information content (AvgIpc) is 2.41. The Morgan fingerprint density at radius 2 is 2.00 bits per heavy atom. The number of allylic oxidation sites excluding steroid dienone is 3. The quantitative estimate of drug-likeness (QED) is 0.632. The van der Waals surface area contributed by atoms with E-state index in [0.717, 1.165) is 17.6 Å². The molecule has 0 N–H and O–H groups in total. The highest BCUT2D eigenvalue weighted by Crippen LogP contribution is 2.35. The second kappa shape index (κ2) is 3.93. The van der Waals surface area contributed by atoms with E-state index in [-0.39, 0.29) is 11.4 Å². The van der Waals surface area contributed by atoms with Crippen LogP contribution >= 0.6 is 0 Å². The summed E-state index contributed by atoms with van der Waals surface area (Å²) < 4.78 is 5.05. The topological polar surface area (TPSA) is 26.3 Å². The van der Waals surface area contributed by atoms with E-state index in [1.807, 2.05) is 6.08 Å². The van der Waals surface area contributed by atoms with Gasteiger partial charge in [-0.2, -0.15) is 0 Å². The van der Waals surface area contributed by atoms with Gasteiger partial charge in [-0.1, -0.05) is 45.1 Å². The third-order valence-electron chi connectivity index (χ3n) is 3.67. The fraction of sp³-hybridized carbons (Fsp3) is 0.500. The Labute approximate surface area is 96.7 Å². The molecule has 0 bridgehead atoms. The third-order valence-corrected chi connectivity index (χ3v) is 3.67. The monoisotopic (exact) mass is 218 g/mol. The molecule has 2 aliphatic rings. The highest BCUT2D eigenvalue weighted by atomic mass is 16.5. The predicted molar refractivity (Wildman–Crippen MR) is 63.8 cm³/mol. The molecule has 0 saturated carbocycles. The van der Waals surface area contributed by atoms with Gasteiger partial charge in [-0.25, -0.2) is 4.79 Å². The molecule has 2 rings (SSSR count). The summed E-state index contributed by atoms with van der Waals surface area (Å²) in [7, 11) is 0. The molecule has 0 fully saturated rings. The summed E-state index contributed by atoms with van der Waals surface area (Å²) in [6.07, 6.45) is 9.17. The molecule has 0 saturated heterocycles. The molecule has 0 radical (unpaired) electrons. The van der Waals surface area contributed by atoms with Gasteiger partial charge in [-0.3, -0.25) is 0 Å². The van der Waals surface area contributed by atoms with Crippen molar-refractivity contribution in [2.45, 2.75) is 27.2 Å². The zero-order chi connectivity index (χ0) is 11.8. The zero-order valence-electron chi connectivity index (χ0n) is 10.1. The van der Waals surface area contributed by atoms with Crippen LogP contribution in [-0.2, 0) is 9.53 Å². The van der Waals surface area contributed by atoms with E-state index in [4.69, 9.17) is 4.74 Å². The highest BCUT2D eigenvalue weighted by Gasteiger charge is 2.27. The van der Waals surface area contributed by atoms with Crippen LogP contribution < -0.4 is 0 Å². The van der Waals surface area contributed by atoms with Gasteiger partial charge in [0.1, 0.15) is 0 Å². The van der Waals surface area contributed by atoms with Crippen molar-refractivity contribution < 1.29 is 9.53 Å². The van der Waals surface area contributed by atoms with Gasteiger partial charge in [0.2, 0.25) is 0 Å². The fourth-order valence-corrected chi connectivity index (χ4v) is 1.93. The summed E-state index contributed by atoms with van der Waals surface area (Å²) >= 11 is 0. The number of hydrogen-bond acceptors (Lipinski definition) is 2. The van der Waals surface area contributed by atoms with Gasteiger partial charge in [0, 0.05) is 11.8 Å². The van der Waals surface area contributed by atoms with Crippen molar-refractivity contribution in [3.63, 3.8) is 0 Å². The number of carbonyl (C=O) groups is 1. The second-order valence-corrected chi connectivity index (χ2v) is 5.01. The van der Waals surface area contributed by atoms with E-state index in [1.165, 1.54) is 0 Å². The molecular formula is C14H18O2. The Hall–Kier alpha value is -1.31. The molecule has 0 amide bonds. The molecule has 2 heteroatoms. The van der Waals surface area contributed by atoms with Gasteiger partial charge in [-0.15, -0.1) is 0 Å². The van der Waals surface area contributed by atoms with Crippen LogP contribution in [0.25, 0.3) is 0 Å². The molecule has 0 spiro atoms. The lowest BCUT2D eigenvalue weighted by atomic mass is 9.79. The molecule has 0 aromatic rings. The molecule has 2 nitrogen and oxygen atoms in total. The number of rotatable bonds is 1. The first-order valence-corrected chi connectivity index (χ1v) is 5.82. The first-order chi connectivity index (χ1) is 7.53. The maximum atomic E-state index is 11.6. The standard InChI is InChI=1S/C14H18O2/c1-10(2)14(3)7-4-11-6-9-16-13(15)12(11)5-8-14/h4-5,7-8,10H,6,9H2,1-3H3. The van der Waals surface area contributed by atoms with Crippen molar-refractivity contribution in [2.24, 2.45) is 11.3 Å². The maximum Gasteiger partial charge on any atom is 0.338 e. The largest absolute Gasteiger partial charge is 0.462 e. The van der Waals surface area contributed by atoms with E-state index in [9.17, 15) is 4.79 Å². The molecular weight excluding hydrogens is 200 g/mol.